The normalized spacial score (nSPS) is 47.8. The first-order chi connectivity index (χ1) is 15.7. The second kappa shape index (κ2) is 9.75. The highest BCUT2D eigenvalue weighted by atomic mass is 16.5. The largest absolute Gasteiger partial charge is 0.469 e. The number of hydrogen-bond donors (Lipinski definition) is 3. The second-order valence-corrected chi connectivity index (χ2v) is 12.2. The van der Waals surface area contributed by atoms with Gasteiger partial charge in [-0.1, -0.05) is 20.8 Å². The molecule has 3 N–H and O–H groups in total. The predicted molar refractivity (Wildman–Crippen MR) is 125 cm³/mol. The maximum Gasteiger partial charge on any atom is 0.305 e. The molecule has 6 nitrogen and oxygen atoms in total. The maximum atomic E-state index is 11.7. The van der Waals surface area contributed by atoms with Crippen molar-refractivity contribution in [2.45, 2.75) is 96.9 Å². The summed E-state index contributed by atoms with van der Waals surface area (Å²) in [4.78, 5) is 11.7. The number of esters is 1. The summed E-state index contributed by atoms with van der Waals surface area (Å²) in [6.45, 7) is 7.34. The van der Waals surface area contributed by atoms with Crippen molar-refractivity contribution in [2.75, 3.05) is 20.3 Å². The summed E-state index contributed by atoms with van der Waals surface area (Å²) in [5, 5.41) is 32.3. The van der Waals surface area contributed by atoms with Gasteiger partial charge in [0.05, 0.1) is 38.6 Å². The lowest BCUT2D eigenvalue weighted by Gasteiger charge is -2.63. The van der Waals surface area contributed by atoms with Gasteiger partial charge in [-0.3, -0.25) is 4.79 Å². The van der Waals surface area contributed by atoms with Crippen molar-refractivity contribution in [3.05, 3.63) is 0 Å². The number of ether oxygens (including phenoxy) is 2. The highest BCUT2D eigenvalue weighted by Gasteiger charge is 2.65. The summed E-state index contributed by atoms with van der Waals surface area (Å²) < 4.78 is 10.7. The van der Waals surface area contributed by atoms with E-state index in [2.05, 4.69) is 20.8 Å². The van der Waals surface area contributed by atoms with Crippen LogP contribution in [0.25, 0.3) is 0 Å². The Hall–Kier alpha value is -0.690. The van der Waals surface area contributed by atoms with Gasteiger partial charge in [-0.05, 0) is 97.7 Å². The number of carbonyl (C=O) groups excluding carboxylic acids is 1. The van der Waals surface area contributed by atoms with E-state index in [4.69, 9.17) is 14.6 Å². The van der Waals surface area contributed by atoms with Gasteiger partial charge in [0.2, 0.25) is 0 Å². The molecule has 0 aliphatic heterocycles. The highest BCUT2D eigenvalue weighted by molar-refractivity contribution is 5.69. The highest BCUT2D eigenvalue weighted by Crippen LogP contribution is 2.68. The molecule has 0 aromatic carbocycles. The third-order valence-corrected chi connectivity index (χ3v) is 11.0. The van der Waals surface area contributed by atoms with Gasteiger partial charge in [-0.15, -0.1) is 0 Å². The number of carbonyl (C=O) groups is 1. The first kappa shape index (κ1) is 25.4. The van der Waals surface area contributed by atoms with Crippen molar-refractivity contribution in [3.8, 4) is 0 Å². The van der Waals surface area contributed by atoms with E-state index in [0.29, 0.717) is 42.6 Å². The Morgan fingerprint density at radius 2 is 1.85 bits per heavy atom. The summed E-state index contributed by atoms with van der Waals surface area (Å²) in [5.74, 6) is 1.85. The summed E-state index contributed by atoms with van der Waals surface area (Å²) in [5.41, 5.74) is -0.0812. The van der Waals surface area contributed by atoms with Gasteiger partial charge in [0.1, 0.15) is 0 Å². The Bertz CT molecular complexity index is 698. The number of methoxy groups -OCH3 is 1. The summed E-state index contributed by atoms with van der Waals surface area (Å²) in [6, 6.07) is 0. The minimum absolute atomic E-state index is 0.0530. The van der Waals surface area contributed by atoms with E-state index >= 15 is 0 Å². The minimum atomic E-state index is -0.372. The van der Waals surface area contributed by atoms with Crippen LogP contribution >= 0.6 is 0 Å². The monoisotopic (exact) mass is 466 g/mol. The van der Waals surface area contributed by atoms with E-state index in [1.54, 1.807) is 0 Å². The molecule has 4 saturated carbocycles. The van der Waals surface area contributed by atoms with Crippen LogP contribution in [0.4, 0.5) is 0 Å². The number of aliphatic hydroxyl groups is 3. The summed E-state index contributed by atoms with van der Waals surface area (Å²) in [6.07, 6.45) is 7.41. The molecule has 11 unspecified atom stereocenters. The quantitative estimate of drug-likeness (QED) is 0.497. The standard InChI is InChI=1S/C27H46O6/c1-16(5-8-24(31)32-4)19-6-7-20-25-21(15-23(30)27(19,20)3)26(2)10-9-18(33-12-11-28)13-17(26)14-22(25)29/h16-23,25,28-30H,5-15H2,1-4H3. The molecule has 4 aliphatic carbocycles. The van der Waals surface area contributed by atoms with E-state index in [0.717, 1.165) is 51.4 Å². The molecule has 0 heterocycles. The van der Waals surface area contributed by atoms with E-state index in [9.17, 15) is 15.0 Å². The van der Waals surface area contributed by atoms with Crippen molar-refractivity contribution >= 4 is 5.97 Å². The molecular weight excluding hydrogens is 420 g/mol. The lowest BCUT2D eigenvalue weighted by Crippen LogP contribution is -2.62. The minimum Gasteiger partial charge on any atom is -0.469 e. The molecule has 0 aromatic heterocycles. The lowest BCUT2D eigenvalue weighted by molar-refractivity contribution is -0.209. The van der Waals surface area contributed by atoms with E-state index in [1.165, 1.54) is 7.11 Å². The van der Waals surface area contributed by atoms with Crippen LogP contribution < -0.4 is 0 Å². The van der Waals surface area contributed by atoms with Gasteiger partial charge < -0.3 is 24.8 Å². The van der Waals surface area contributed by atoms with Crippen molar-refractivity contribution in [2.24, 2.45) is 46.3 Å². The van der Waals surface area contributed by atoms with Crippen LogP contribution in [0.5, 0.6) is 0 Å². The second-order valence-electron chi connectivity index (χ2n) is 12.2. The third kappa shape index (κ3) is 4.28. The molecule has 0 saturated heterocycles. The average molecular weight is 467 g/mol. The predicted octanol–water partition coefficient (Wildman–Crippen LogP) is 3.55. The molecule has 4 aliphatic rings. The molecular formula is C27H46O6. The first-order valence-electron chi connectivity index (χ1n) is 13.3. The topological polar surface area (TPSA) is 96.2 Å². The van der Waals surface area contributed by atoms with E-state index in [1.807, 2.05) is 0 Å². The van der Waals surface area contributed by atoms with Crippen molar-refractivity contribution in [1.82, 2.24) is 0 Å². The molecule has 0 spiro atoms. The van der Waals surface area contributed by atoms with E-state index < -0.39 is 0 Å². The van der Waals surface area contributed by atoms with Crippen LogP contribution in [-0.4, -0.2) is 59.9 Å². The zero-order valence-electron chi connectivity index (χ0n) is 21.0. The molecule has 4 rings (SSSR count). The Labute approximate surface area is 199 Å². The average Bonchev–Trinajstić information content (AvgIpc) is 3.15. The SMILES string of the molecule is COC(=O)CCC(C)C1CCC2C3C(O)CC4CC(OCCO)CCC4(C)C3CC(O)C12C. The molecule has 0 bridgehead atoms. The Balaban J connectivity index is 1.52. The molecule has 11 atom stereocenters. The van der Waals surface area contributed by atoms with Crippen LogP contribution in [-0.2, 0) is 14.3 Å². The molecule has 6 heteroatoms. The van der Waals surface area contributed by atoms with Gasteiger partial charge in [-0.25, -0.2) is 0 Å². The molecule has 33 heavy (non-hydrogen) atoms. The van der Waals surface area contributed by atoms with Crippen LogP contribution in [0.2, 0.25) is 0 Å². The number of aliphatic hydroxyl groups excluding tert-OH is 3. The van der Waals surface area contributed by atoms with Crippen LogP contribution in [0, 0.1) is 46.3 Å². The van der Waals surface area contributed by atoms with Crippen LogP contribution in [0.1, 0.15) is 78.6 Å². The van der Waals surface area contributed by atoms with Gasteiger partial charge in [-0.2, -0.15) is 0 Å². The summed E-state index contributed by atoms with van der Waals surface area (Å²) >= 11 is 0. The first-order valence-corrected chi connectivity index (χ1v) is 13.3. The van der Waals surface area contributed by atoms with E-state index in [-0.39, 0.29) is 47.6 Å². The Morgan fingerprint density at radius 3 is 2.55 bits per heavy atom. The molecule has 0 aromatic rings. The number of hydrogen-bond acceptors (Lipinski definition) is 6. The maximum absolute atomic E-state index is 11.7. The fourth-order valence-corrected chi connectivity index (χ4v) is 9.13. The fourth-order valence-electron chi connectivity index (χ4n) is 9.13. The van der Waals surface area contributed by atoms with Gasteiger partial charge >= 0.3 is 5.97 Å². The Morgan fingerprint density at radius 1 is 1.09 bits per heavy atom. The lowest BCUT2D eigenvalue weighted by atomic mass is 9.43. The van der Waals surface area contributed by atoms with Gasteiger partial charge in [0.15, 0.2) is 0 Å². The fraction of sp³-hybridized carbons (Fsp3) is 0.963. The molecule has 0 amide bonds. The molecule has 4 fully saturated rings. The summed E-state index contributed by atoms with van der Waals surface area (Å²) in [7, 11) is 1.44. The molecule has 190 valence electrons. The Kier molecular flexibility index (Phi) is 7.51. The zero-order chi connectivity index (χ0) is 24.0. The van der Waals surface area contributed by atoms with Crippen molar-refractivity contribution in [1.29, 1.82) is 0 Å². The van der Waals surface area contributed by atoms with Crippen molar-refractivity contribution < 1.29 is 29.6 Å². The van der Waals surface area contributed by atoms with Gasteiger partial charge in [0, 0.05) is 6.42 Å². The van der Waals surface area contributed by atoms with Crippen LogP contribution in [0.3, 0.4) is 0 Å². The number of rotatable bonds is 7. The smallest absolute Gasteiger partial charge is 0.305 e. The van der Waals surface area contributed by atoms with Crippen molar-refractivity contribution in [3.63, 3.8) is 0 Å². The van der Waals surface area contributed by atoms with Crippen LogP contribution in [0.15, 0.2) is 0 Å². The molecule has 0 radical (unpaired) electrons. The number of fused-ring (bicyclic) bond motifs is 5. The van der Waals surface area contributed by atoms with Gasteiger partial charge in [0.25, 0.3) is 0 Å². The zero-order valence-corrected chi connectivity index (χ0v) is 21.0. The third-order valence-electron chi connectivity index (χ3n) is 11.0.